The largest absolute Gasteiger partial charge is 0.480 e. The van der Waals surface area contributed by atoms with Crippen molar-refractivity contribution in [1.82, 2.24) is 42.5 Å². The Bertz CT molecular complexity index is 1750. The van der Waals surface area contributed by atoms with E-state index in [1.807, 2.05) is 0 Å². The van der Waals surface area contributed by atoms with Crippen LogP contribution < -0.4 is 54.0 Å². The average Bonchev–Trinajstić information content (AvgIpc) is 3.23. The zero-order valence-corrected chi connectivity index (χ0v) is 43.3. The first-order chi connectivity index (χ1) is 31.9. The predicted octanol–water partition coefficient (Wildman–Crippen LogP) is -1.88. The molecule has 0 heterocycles. The number of carboxylic acid groups (broad SMARTS) is 1. The second kappa shape index (κ2) is 31.2. The van der Waals surface area contributed by atoms with Crippen LogP contribution in [0.4, 0.5) is 0 Å². The SMILES string of the molecule is CC[C@H](C)[C@H](NC(=O)[C@@H](NC(=O)[C@H](CC(N)=O)NC(=O)[C@H](CCSC)NC(=O)[C@H](CC(C)C)NC(=O)[C@@H](N)[C@@H](C)O)C(C)C)C(=O)N[C@H](C(=O)N[C@@H](CC(C)C)C(=O)N[C@H](C(=O)O)C(C)C)[C@@H](C)O. The molecular weight excluding hydrogens is 921 g/mol. The Labute approximate surface area is 410 Å². The third-order valence-corrected chi connectivity index (χ3v) is 11.8. The van der Waals surface area contributed by atoms with E-state index in [1.165, 1.54) is 25.6 Å². The highest BCUT2D eigenvalue weighted by Crippen LogP contribution is 2.14. The molecule has 9 amide bonds. The van der Waals surface area contributed by atoms with Crippen LogP contribution in [-0.4, -0.2) is 153 Å². The predicted molar refractivity (Wildman–Crippen MR) is 259 cm³/mol. The highest BCUT2D eigenvalue weighted by Gasteiger charge is 2.38. The van der Waals surface area contributed by atoms with Crippen molar-refractivity contribution in [3.63, 3.8) is 0 Å². The Balaban J connectivity index is 6.54. The number of primary amides is 1. The molecule has 0 spiro atoms. The number of amides is 9. The molecule has 0 saturated heterocycles. The van der Waals surface area contributed by atoms with Gasteiger partial charge in [-0.15, -0.1) is 0 Å². The molecule has 0 saturated carbocycles. The number of carbonyl (C=O) groups excluding carboxylic acids is 9. The molecule has 0 radical (unpaired) electrons. The van der Waals surface area contributed by atoms with E-state index in [2.05, 4.69) is 42.5 Å². The Kier molecular flexibility index (Phi) is 28.9. The number of thioether (sulfide) groups is 1. The third kappa shape index (κ3) is 22.9. The van der Waals surface area contributed by atoms with E-state index in [1.54, 1.807) is 75.5 Å². The summed E-state index contributed by atoms with van der Waals surface area (Å²) in [6, 6.07) is -12.4. The van der Waals surface area contributed by atoms with Crippen LogP contribution >= 0.6 is 11.8 Å². The monoisotopic (exact) mass is 1000 g/mol. The summed E-state index contributed by atoms with van der Waals surface area (Å²) >= 11 is 1.35. The summed E-state index contributed by atoms with van der Waals surface area (Å²) in [5.74, 6) is -10.9. The van der Waals surface area contributed by atoms with Crippen LogP contribution in [-0.2, 0) is 47.9 Å². The lowest BCUT2D eigenvalue weighted by Gasteiger charge is -2.31. The summed E-state index contributed by atoms with van der Waals surface area (Å²) in [6.45, 7) is 19.4. The van der Waals surface area contributed by atoms with Gasteiger partial charge in [-0.2, -0.15) is 11.8 Å². The summed E-state index contributed by atoms with van der Waals surface area (Å²) in [6.07, 6.45) is -1.13. The lowest BCUT2D eigenvalue weighted by atomic mass is 9.95. The molecule has 0 aromatic rings. The minimum absolute atomic E-state index is 0.0478. The van der Waals surface area contributed by atoms with Crippen molar-refractivity contribution in [2.75, 3.05) is 12.0 Å². The number of carboxylic acids is 1. The summed E-state index contributed by atoms with van der Waals surface area (Å²) < 4.78 is 0. The van der Waals surface area contributed by atoms with Gasteiger partial charge in [-0.3, -0.25) is 43.2 Å². The van der Waals surface area contributed by atoms with E-state index in [0.717, 1.165) is 0 Å². The fourth-order valence-corrected chi connectivity index (χ4v) is 7.23. The maximum absolute atomic E-state index is 14.0. The van der Waals surface area contributed by atoms with Gasteiger partial charge >= 0.3 is 5.97 Å². The first-order valence-corrected chi connectivity index (χ1v) is 24.8. The van der Waals surface area contributed by atoms with Crippen molar-refractivity contribution in [3.8, 4) is 0 Å². The van der Waals surface area contributed by atoms with Gasteiger partial charge in [0.2, 0.25) is 53.2 Å². The molecule has 396 valence electrons. The van der Waals surface area contributed by atoms with E-state index < -0.39 is 150 Å². The van der Waals surface area contributed by atoms with E-state index in [-0.39, 0.29) is 31.1 Å². The molecule has 12 atom stereocenters. The molecule has 69 heavy (non-hydrogen) atoms. The molecule has 0 aromatic carbocycles. The number of hydrogen-bond acceptors (Lipinski definition) is 14. The normalized spacial score (nSPS) is 16.8. The van der Waals surface area contributed by atoms with Gasteiger partial charge in [0.1, 0.15) is 54.4 Å². The van der Waals surface area contributed by atoms with Crippen LogP contribution in [0.15, 0.2) is 0 Å². The maximum atomic E-state index is 14.0. The molecule has 0 aromatic heterocycles. The number of nitrogens with one attached hydrogen (secondary N) is 8. The zero-order chi connectivity index (χ0) is 53.6. The average molecular weight is 1000 g/mol. The van der Waals surface area contributed by atoms with Gasteiger partial charge in [-0.05, 0) is 74.7 Å². The van der Waals surface area contributed by atoms with Gasteiger partial charge in [-0.1, -0.05) is 75.7 Å². The van der Waals surface area contributed by atoms with Gasteiger partial charge in [0, 0.05) is 0 Å². The summed E-state index contributed by atoms with van der Waals surface area (Å²) in [4.78, 5) is 133. The Morgan fingerprint density at radius 3 is 1.29 bits per heavy atom. The standard InChI is InChI=1S/C45H82N10O13S/c1-14-24(10)35(43(65)55-36(26(12)57)44(66)51-29(18-21(4)5)39(61)53-34(23(8)9)45(67)68)54-42(64)33(22(6)7)52-40(62)30(19-31(46)58)49-37(59)27(15-16-69-13)48-38(60)28(17-20(2)3)50-41(63)32(47)25(11)56/h20-30,32-36,56-57H,14-19,47H2,1-13H3,(H2,46,58)(H,48,60)(H,49,59)(H,50,63)(H,51,66)(H,52,62)(H,53,61)(H,54,64)(H,55,65)(H,67,68)/t24-,25+,26+,27-,28-,29-,30-,32-,33-,34-,35-,36-/m0/s1. The first kappa shape index (κ1) is 63.9. The maximum Gasteiger partial charge on any atom is 0.326 e. The smallest absolute Gasteiger partial charge is 0.326 e. The van der Waals surface area contributed by atoms with Gasteiger partial charge in [0.15, 0.2) is 0 Å². The number of aliphatic carboxylic acids is 1. The van der Waals surface area contributed by atoms with Crippen LogP contribution in [0.5, 0.6) is 0 Å². The molecule has 0 bridgehead atoms. The Morgan fingerprint density at radius 2 is 0.870 bits per heavy atom. The van der Waals surface area contributed by atoms with Crippen LogP contribution in [0.2, 0.25) is 0 Å². The molecule has 23 nitrogen and oxygen atoms in total. The van der Waals surface area contributed by atoms with Gasteiger partial charge < -0.3 is 69.3 Å². The second-order valence-electron chi connectivity index (χ2n) is 19.1. The molecule has 0 fully saturated rings. The van der Waals surface area contributed by atoms with Gasteiger partial charge in [-0.25, -0.2) is 4.79 Å². The lowest BCUT2D eigenvalue weighted by Crippen LogP contribution is -2.63. The van der Waals surface area contributed by atoms with Crippen molar-refractivity contribution >= 4 is 70.9 Å². The van der Waals surface area contributed by atoms with Crippen LogP contribution in [0, 0.1) is 29.6 Å². The quantitative estimate of drug-likeness (QED) is 0.0351. The Hall–Kier alpha value is -5.07. The second-order valence-corrected chi connectivity index (χ2v) is 20.1. The number of aliphatic hydroxyl groups is 2. The van der Waals surface area contributed by atoms with E-state index in [4.69, 9.17) is 11.5 Å². The van der Waals surface area contributed by atoms with Crippen molar-refractivity contribution in [2.45, 2.75) is 182 Å². The van der Waals surface area contributed by atoms with Crippen LogP contribution in [0.1, 0.15) is 115 Å². The van der Waals surface area contributed by atoms with Gasteiger partial charge in [0.05, 0.1) is 18.6 Å². The number of hydrogen-bond donors (Lipinski definition) is 13. The number of aliphatic hydroxyl groups excluding tert-OH is 2. The van der Waals surface area contributed by atoms with Crippen LogP contribution in [0.25, 0.3) is 0 Å². The van der Waals surface area contributed by atoms with E-state index in [9.17, 15) is 63.3 Å². The molecule has 0 aliphatic carbocycles. The first-order valence-electron chi connectivity index (χ1n) is 23.4. The van der Waals surface area contributed by atoms with Crippen molar-refractivity contribution < 1.29 is 63.3 Å². The molecule has 0 aliphatic heterocycles. The molecule has 15 N–H and O–H groups in total. The van der Waals surface area contributed by atoms with Crippen molar-refractivity contribution in [3.05, 3.63) is 0 Å². The van der Waals surface area contributed by atoms with Crippen molar-refractivity contribution in [1.29, 1.82) is 0 Å². The fourth-order valence-electron chi connectivity index (χ4n) is 6.76. The van der Waals surface area contributed by atoms with Crippen molar-refractivity contribution in [2.24, 2.45) is 41.1 Å². The summed E-state index contributed by atoms with van der Waals surface area (Å²) in [7, 11) is 0. The number of carbonyl (C=O) groups is 10. The molecule has 0 unspecified atom stereocenters. The minimum Gasteiger partial charge on any atom is -0.480 e. The minimum atomic E-state index is -1.66. The molecule has 0 rings (SSSR count). The lowest BCUT2D eigenvalue weighted by molar-refractivity contribution is -0.143. The third-order valence-electron chi connectivity index (χ3n) is 11.1. The molecular formula is C45H82N10O13S. The highest BCUT2D eigenvalue weighted by molar-refractivity contribution is 7.98. The number of rotatable bonds is 32. The van der Waals surface area contributed by atoms with Gasteiger partial charge in [0.25, 0.3) is 0 Å². The van der Waals surface area contributed by atoms with E-state index >= 15 is 0 Å². The molecule has 0 aliphatic rings. The summed E-state index contributed by atoms with van der Waals surface area (Å²) in [5.41, 5.74) is 11.3. The zero-order valence-electron chi connectivity index (χ0n) is 42.5. The van der Waals surface area contributed by atoms with Crippen LogP contribution in [0.3, 0.4) is 0 Å². The molecule has 24 heteroatoms. The Morgan fingerprint density at radius 1 is 0.493 bits per heavy atom. The topological polar surface area (TPSA) is 380 Å². The highest BCUT2D eigenvalue weighted by atomic mass is 32.2. The number of nitrogens with two attached hydrogens (primary N) is 2. The van der Waals surface area contributed by atoms with E-state index in [0.29, 0.717) is 12.2 Å². The summed E-state index contributed by atoms with van der Waals surface area (Å²) in [5, 5.41) is 50.3. The fraction of sp³-hybridized carbons (Fsp3) is 0.778.